The van der Waals surface area contributed by atoms with Crippen LogP contribution in [0, 0.1) is 22.0 Å². The number of carbonyl (C=O) groups is 3. The van der Waals surface area contributed by atoms with Gasteiger partial charge in [-0.1, -0.05) is 42.5 Å². The van der Waals surface area contributed by atoms with Gasteiger partial charge in [0.1, 0.15) is 11.5 Å². The Hall–Kier alpha value is -3.79. The molecule has 0 amide bonds. The first-order valence-corrected chi connectivity index (χ1v) is 10.7. The van der Waals surface area contributed by atoms with Crippen LogP contribution < -0.4 is 5.32 Å². The number of ether oxygens (including phenoxy) is 3. The summed E-state index contributed by atoms with van der Waals surface area (Å²) in [7, 11) is 2.36. The van der Waals surface area contributed by atoms with E-state index >= 15 is 0 Å². The molecule has 3 rings (SSSR count). The molecule has 1 aliphatic rings. The van der Waals surface area contributed by atoms with Gasteiger partial charge in [-0.3, -0.25) is 29.8 Å². The summed E-state index contributed by atoms with van der Waals surface area (Å²) in [5.41, 5.74) is -0.601. The molecule has 180 valence electrons. The molecule has 0 unspecified atom stereocenters. The van der Waals surface area contributed by atoms with E-state index in [9.17, 15) is 24.5 Å². The second-order valence-electron chi connectivity index (χ2n) is 7.87. The predicted molar refractivity (Wildman–Crippen MR) is 119 cm³/mol. The van der Waals surface area contributed by atoms with E-state index in [-0.39, 0.29) is 18.7 Å². The molecule has 10 nitrogen and oxygen atoms in total. The Morgan fingerprint density at radius 1 is 1.00 bits per heavy atom. The number of nitrogens with one attached hydrogen (secondary N) is 1. The fourth-order valence-electron chi connectivity index (χ4n) is 4.53. The van der Waals surface area contributed by atoms with Gasteiger partial charge in [0.05, 0.1) is 31.7 Å². The third-order valence-corrected chi connectivity index (χ3v) is 6.02. The lowest BCUT2D eigenvalue weighted by Gasteiger charge is -2.33. The number of hydrogen-bond acceptors (Lipinski definition) is 9. The third-order valence-electron chi connectivity index (χ3n) is 6.02. The van der Waals surface area contributed by atoms with E-state index in [4.69, 9.17) is 14.2 Å². The standard InChI is InChI=1S/C24H26N2O8/c1-4-34-23(29)24(14-15-8-6-5-7-9-15)19(22(28)33-3)18(21(27)32-2)20(25-24)16-10-12-17(13-11-16)26(30)31/h5-13,18-20,25H,4,14H2,1-3H3/t18-,19+,20-,24-/m1/s1. The molecule has 2 aromatic rings. The maximum Gasteiger partial charge on any atom is 0.327 e. The van der Waals surface area contributed by atoms with Gasteiger partial charge in [-0.2, -0.15) is 0 Å². The topological polar surface area (TPSA) is 134 Å². The lowest BCUT2D eigenvalue weighted by Crippen LogP contribution is -2.58. The van der Waals surface area contributed by atoms with Crippen molar-refractivity contribution in [2.24, 2.45) is 11.8 Å². The van der Waals surface area contributed by atoms with Gasteiger partial charge in [-0.15, -0.1) is 0 Å². The molecule has 2 aromatic carbocycles. The number of esters is 3. The van der Waals surface area contributed by atoms with Crippen molar-refractivity contribution in [1.82, 2.24) is 5.32 Å². The first-order valence-electron chi connectivity index (χ1n) is 10.7. The second-order valence-corrected chi connectivity index (χ2v) is 7.87. The van der Waals surface area contributed by atoms with Crippen molar-refractivity contribution in [3.05, 3.63) is 75.8 Å². The van der Waals surface area contributed by atoms with Crippen LogP contribution in [0.1, 0.15) is 24.1 Å². The van der Waals surface area contributed by atoms with E-state index in [0.717, 1.165) is 5.56 Å². The van der Waals surface area contributed by atoms with Gasteiger partial charge in [-0.25, -0.2) is 0 Å². The lowest BCUT2D eigenvalue weighted by atomic mass is 9.74. The summed E-state index contributed by atoms with van der Waals surface area (Å²) in [5, 5.41) is 14.3. The highest BCUT2D eigenvalue weighted by atomic mass is 16.6. The highest BCUT2D eigenvalue weighted by molar-refractivity contribution is 5.94. The molecule has 1 aliphatic heterocycles. The molecule has 1 heterocycles. The highest BCUT2D eigenvalue weighted by Gasteiger charge is 2.64. The largest absolute Gasteiger partial charge is 0.469 e. The zero-order valence-electron chi connectivity index (χ0n) is 19.1. The molecule has 10 heteroatoms. The Morgan fingerprint density at radius 2 is 1.62 bits per heavy atom. The zero-order chi connectivity index (χ0) is 24.9. The summed E-state index contributed by atoms with van der Waals surface area (Å²) < 4.78 is 15.4. The Bertz CT molecular complexity index is 1060. The monoisotopic (exact) mass is 470 g/mol. The van der Waals surface area contributed by atoms with E-state index in [2.05, 4.69) is 5.32 Å². The van der Waals surface area contributed by atoms with E-state index in [1.165, 1.54) is 38.5 Å². The second kappa shape index (κ2) is 10.4. The van der Waals surface area contributed by atoms with Gasteiger partial charge < -0.3 is 14.2 Å². The van der Waals surface area contributed by atoms with Crippen LogP contribution in [0.5, 0.6) is 0 Å². The Morgan fingerprint density at radius 3 is 2.15 bits per heavy atom. The summed E-state index contributed by atoms with van der Waals surface area (Å²) in [6.07, 6.45) is 0.0312. The molecule has 1 saturated heterocycles. The minimum Gasteiger partial charge on any atom is -0.469 e. The van der Waals surface area contributed by atoms with Crippen LogP contribution in [-0.2, 0) is 35.0 Å². The van der Waals surface area contributed by atoms with Crippen molar-refractivity contribution >= 4 is 23.6 Å². The number of rotatable bonds is 8. The Labute approximate surface area is 196 Å². The van der Waals surface area contributed by atoms with Crippen molar-refractivity contribution in [3.63, 3.8) is 0 Å². The first kappa shape index (κ1) is 24.8. The molecule has 0 bridgehead atoms. The molecule has 0 radical (unpaired) electrons. The molecule has 0 aliphatic carbocycles. The van der Waals surface area contributed by atoms with Crippen molar-refractivity contribution in [2.75, 3.05) is 20.8 Å². The van der Waals surface area contributed by atoms with E-state index in [1.807, 2.05) is 6.07 Å². The van der Waals surface area contributed by atoms with Crippen LogP contribution >= 0.6 is 0 Å². The zero-order valence-corrected chi connectivity index (χ0v) is 19.1. The van der Waals surface area contributed by atoms with Gasteiger partial charge in [-0.05, 0) is 18.1 Å². The van der Waals surface area contributed by atoms with Gasteiger partial charge in [0.25, 0.3) is 5.69 Å². The van der Waals surface area contributed by atoms with Gasteiger partial charge >= 0.3 is 17.9 Å². The maximum absolute atomic E-state index is 13.4. The van der Waals surface area contributed by atoms with Crippen molar-refractivity contribution < 1.29 is 33.5 Å². The smallest absolute Gasteiger partial charge is 0.327 e. The summed E-state index contributed by atoms with van der Waals surface area (Å²) in [6, 6.07) is 13.6. The highest BCUT2D eigenvalue weighted by Crippen LogP contribution is 2.46. The van der Waals surface area contributed by atoms with E-state index in [1.54, 1.807) is 31.2 Å². The first-order chi connectivity index (χ1) is 16.3. The average Bonchev–Trinajstić information content (AvgIpc) is 3.20. The van der Waals surface area contributed by atoms with Gasteiger partial charge in [0.2, 0.25) is 0 Å². The number of nitro groups is 1. The van der Waals surface area contributed by atoms with Gasteiger partial charge in [0.15, 0.2) is 0 Å². The fraction of sp³-hybridized carbons (Fsp3) is 0.375. The van der Waals surface area contributed by atoms with Crippen LogP contribution in [0.4, 0.5) is 5.69 Å². The summed E-state index contributed by atoms with van der Waals surface area (Å²) in [6.45, 7) is 1.69. The van der Waals surface area contributed by atoms with Crippen LogP contribution in [0.15, 0.2) is 54.6 Å². The van der Waals surface area contributed by atoms with Crippen LogP contribution in [0.25, 0.3) is 0 Å². The maximum atomic E-state index is 13.4. The van der Waals surface area contributed by atoms with Gasteiger partial charge in [0, 0.05) is 24.6 Å². The number of carbonyl (C=O) groups excluding carboxylic acids is 3. The number of nitrogens with zero attached hydrogens (tertiary/aromatic N) is 1. The SMILES string of the molecule is CCOC(=O)[C@]1(Cc2ccccc2)N[C@H](c2ccc([N+](=O)[O-])cc2)[C@H](C(=O)OC)[C@H]1C(=O)OC. The molecule has 34 heavy (non-hydrogen) atoms. The molecular formula is C24H26N2O8. The number of hydrogen-bond donors (Lipinski definition) is 1. The third kappa shape index (κ3) is 4.62. The van der Waals surface area contributed by atoms with Crippen LogP contribution in [-0.4, -0.2) is 49.2 Å². The van der Waals surface area contributed by atoms with Crippen molar-refractivity contribution in [1.29, 1.82) is 0 Å². The summed E-state index contributed by atoms with van der Waals surface area (Å²) in [4.78, 5) is 50.1. The molecule has 0 spiro atoms. The summed E-state index contributed by atoms with van der Waals surface area (Å²) >= 11 is 0. The van der Waals surface area contributed by atoms with Crippen LogP contribution in [0.3, 0.4) is 0 Å². The number of benzene rings is 2. The predicted octanol–water partition coefficient (Wildman–Crippen LogP) is 2.36. The van der Waals surface area contributed by atoms with E-state index < -0.39 is 46.2 Å². The number of methoxy groups -OCH3 is 2. The Balaban J connectivity index is 2.20. The Kier molecular flexibility index (Phi) is 7.62. The molecule has 0 saturated carbocycles. The lowest BCUT2D eigenvalue weighted by molar-refractivity contribution is -0.384. The van der Waals surface area contributed by atoms with E-state index in [0.29, 0.717) is 5.56 Å². The molecule has 1 fully saturated rings. The van der Waals surface area contributed by atoms with Crippen molar-refractivity contribution in [2.45, 2.75) is 24.9 Å². The average molecular weight is 470 g/mol. The summed E-state index contributed by atoms with van der Waals surface area (Å²) in [5.74, 6) is -4.68. The molecule has 0 aromatic heterocycles. The number of non-ortho nitro benzene ring substituents is 1. The fourth-order valence-corrected chi connectivity index (χ4v) is 4.53. The number of nitro benzene ring substituents is 1. The van der Waals surface area contributed by atoms with Crippen molar-refractivity contribution in [3.8, 4) is 0 Å². The minimum atomic E-state index is -1.66. The quantitative estimate of drug-likeness (QED) is 0.267. The van der Waals surface area contributed by atoms with Crippen LogP contribution in [0.2, 0.25) is 0 Å². The normalized spacial score (nSPS) is 23.7. The minimum absolute atomic E-state index is 0.0312. The molecular weight excluding hydrogens is 444 g/mol. The molecule has 1 N–H and O–H groups in total. The molecule has 4 atom stereocenters.